The Morgan fingerprint density at radius 3 is 2.34 bits per heavy atom. The molecule has 1 heterocycles. The number of primary amides is 1. The molecule has 0 spiro atoms. The molecule has 1 atom stereocenters. The molecule has 13 heteroatoms. The lowest BCUT2D eigenvalue weighted by Crippen LogP contribution is -2.46. The first-order valence-electron chi connectivity index (χ1n) is 13.4. The predicted octanol–water partition coefficient (Wildman–Crippen LogP) is 1.34. The van der Waals surface area contributed by atoms with E-state index in [1.54, 1.807) is 44.3 Å². The van der Waals surface area contributed by atoms with E-state index in [1.807, 2.05) is 25.9 Å². The molecule has 0 saturated heterocycles. The summed E-state index contributed by atoms with van der Waals surface area (Å²) in [5, 5.41) is 11.8. The number of likely N-dealkylation sites (N-methyl/N-ethyl adjacent to an activating group) is 2. The minimum atomic E-state index is -0.640. The van der Waals surface area contributed by atoms with Crippen molar-refractivity contribution in [3.8, 4) is 0 Å². The molecule has 6 N–H and O–H groups in total. The molecule has 4 amide bonds. The molecule has 0 fully saturated rings. The van der Waals surface area contributed by atoms with Crippen molar-refractivity contribution in [1.29, 1.82) is 0 Å². The fourth-order valence-electron chi connectivity index (χ4n) is 3.43. The summed E-state index contributed by atoms with van der Waals surface area (Å²) in [6.45, 7) is 5.54. The quantitative estimate of drug-likeness (QED) is 0.148. The Bertz CT molecular complexity index is 1220. The molecular formula is C28H41N9O4. The number of amides is 4. The van der Waals surface area contributed by atoms with Gasteiger partial charge in [-0.1, -0.05) is 13.0 Å². The van der Waals surface area contributed by atoms with Gasteiger partial charge < -0.3 is 36.8 Å². The largest absolute Gasteiger partial charge is 0.369 e. The summed E-state index contributed by atoms with van der Waals surface area (Å²) in [6.07, 6.45) is 5.95. The van der Waals surface area contributed by atoms with Crippen molar-refractivity contribution in [2.24, 2.45) is 5.73 Å². The fourth-order valence-corrected chi connectivity index (χ4v) is 3.43. The molecule has 13 nitrogen and oxygen atoms in total. The van der Waals surface area contributed by atoms with E-state index in [2.05, 4.69) is 31.2 Å². The highest BCUT2D eigenvalue weighted by Crippen LogP contribution is 2.18. The summed E-state index contributed by atoms with van der Waals surface area (Å²) >= 11 is 0. The average Bonchev–Trinajstić information content (AvgIpc) is 2.94. The zero-order valence-corrected chi connectivity index (χ0v) is 24.4. The third-order valence-electron chi connectivity index (χ3n) is 5.98. The van der Waals surface area contributed by atoms with Crippen LogP contribution >= 0.6 is 0 Å². The lowest BCUT2D eigenvalue weighted by atomic mass is 10.2. The normalized spacial score (nSPS) is 11.7. The van der Waals surface area contributed by atoms with Gasteiger partial charge in [0.15, 0.2) is 0 Å². The van der Waals surface area contributed by atoms with Gasteiger partial charge in [0.1, 0.15) is 17.4 Å². The van der Waals surface area contributed by atoms with E-state index in [4.69, 9.17) is 5.73 Å². The Morgan fingerprint density at radius 2 is 1.71 bits per heavy atom. The lowest BCUT2D eigenvalue weighted by molar-refractivity contribution is -0.135. The zero-order chi connectivity index (χ0) is 30.4. The Kier molecular flexibility index (Phi) is 13.2. The first-order chi connectivity index (χ1) is 19.5. The van der Waals surface area contributed by atoms with Crippen LogP contribution in [-0.4, -0.2) is 96.8 Å². The molecule has 1 aromatic carbocycles. The van der Waals surface area contributed by atoms with Crippen LogP contribution in [0.3, 0.4) is 0 Å². The van der Waals surface area contributed by atoms with Gasteiger partial charge in [-0.25, -0.2) is 4.98 Å². The molecule has 0 aliphatic rings. The number of nitrogens with two attached hydrogens (primary N) is 1. The zero-order valence-electron chi connectivity index (χ0n) is 24.4. The highest BCUT2D eigenvalue weighted by atomic mass is 16.2. The Labute approximate surface area is 241 Å². The molecule has 1 aromatic heterocycles. The summed E-state index contributed by atoms with van der Waals surface area (Å²) in [5.41, 5.74) is 6.60. The number of nitrogens with zero attached hydrogens (tertiary/aromatic N) is 4. The molecule has 0 aliphatic heterocycles. The van der Waals surface area contributed by atoms with Crippen LogP contribution in [0.15, 0.2) is 42.6 Å². The molecule has 0 bridgehead atoms. The van der Waals surface area contributed by atoms with Crippen LogP contribution in [0.2, 0.25) is 0 Å². The first-order valence-corrected chi connectivity index (χ1v) is 13.4. The molecular weight excluding hydrogens is 526 g/mol. The van der Waals surface area contributed by atoms with Gasteiger partial charge in [-0.3, -0.25) is 19.2 Å². The van der Waals surface area contributed by atoms with Crippen LogP contribution in [0.25, 0.3) is 0 Å². The van der Waals surface area contributed by atoms with Crippen molar-refractivity contribution >= 4 is 41.1 Å². The molecule has 0 aliphatic carbocycles. The number of hydrogen-bond acceptors (Lipinski definition) is 9. The van der Waals surface area contributed by atoms with E-state index >= 15 is 0 Å². The van der Waals surface area contributed by atoms with Gasteiger partial charge in [0.25, 0.3) is 5.91 Å². The molecule has 2 aromatic rings. The second kappa shape index (κ2) is 16.6. The van der Waals surface area contributed by atoms with Gasteiger partial charge in [0.05, 0.1) is 0 Å². The maximum Gasteiger partial charge on any atom is 0.256 e. The topological polar surface area (TPSA) is 175 Å². The second-order valence-electron chi connectivity index (χ2n) is 9.64. The van der Waals surface area contributed by atoms with Crippen molar-refractivity contribution < 1.29 is 19.2 Å². The SMILES string of the molecule is CCCNc1nc(Nc2ccc(C(N)=O)cc2)ncc1C(=O)NCCCNC(=O)C(C)N(C)C(=O)C=CCN(C)C. The number of anilines is 3. The van der Waals surface area contributed by atoms with Gasteiger partial charge in [-0.2, -0.15) is 4.98 Å². The summed E-state index contributed by atoms with van der Waals surface area (Å²) in [6, 6.07) is 5.91. The smallest absolute Gasteiger partial charge is 0.256 e. The fraction of sp³-hybridized carbons (Fsp3) is 0.429. The number of hydrogen-bond donors (Lipinski definition) is 5. The van der Waals surface area contributed by atoms with Gasteiger partial charge >= 0.3 is 0 Å². The van der Waals surface area contributed by atoms with E-state index < -0.39 is 11.9 Å². The monoisotopic (exact) mass is 567 g/mol. The van der Waals surface area contributed by atoms with E-state index in [0.717, 1.165) is 6.42 Å². The lowest BCUT2D eigenvalue weighted by Gasteiger charge is -2.23. The van der Waals surface area contributed by atoms with Crippen molar-refractivity contribution in [2.45, 2.75) is 32.7 Å². The van der Waals surface area contributed by atoms with Gasteiger partial charge in [-0.05, 0) is 58.1 Å². The molecule has 0 radical (unpaired) electrons. The van der Waals surface area contributed by atoms with Crippen molar-refractivity contribution in [2.75, 3.05) is 58.0 Å². The van der Waals surface area contributed by atoms with Crippen molar-refractivity contribution in [3.63, 3.8) is 0 Å². The van der Waals surface area contributed by atoms with Crippen molar-refractivity contribution in [1.82, 2.24) is 30.4 Å². The number of rotatable bonds is 16. The van der Waals surface area contributed by atoms with Gasteiger partial charge in [-0.15, -0.1) is 0 Å². The van der Waals surface area contributed by atoms with Crippen LogP contribution in [0, 0.1) is 0 Å². The number of aromatic nitrogens is 2. The number of nitrogens with one attached hydrogen (secondary N) is 4. The Hall–Kier alpha value is -4.52. The van der Waals surface area contributed by atoms with E-state index in [0.29, 0.717) is 49.7 Å². The predicted molar refractivity (Wildman–Crippen MR) is 159 cm³/mol. The van der Waals surface area contributed by atoms with Crippen LogP contribution in [0.4, 0.5) is 17.5 Å². The standard InChI is InChI=1S/C28H41N9O4/c1-6-14-30-25-22(18-33-28(35-25)34-21-12-10-20(11-13-21)24(29)39)27(41)32-16-8-15-31-26(40)19(2)37(5)23(38)9-7-17-36(3)4/h7,9-13,18-19H,6,8,14-17H2,1-5H3,(H2,29,39)(H,31,40)(H,32,41)(H2,30,33,34,35). The number of carbonyl (C=O) groups excluding carboxylic acids is 4. The molecule has 222 valence electrons. The highest BCUT2D eigenvalue weighted by Gasteiger charge is 2.20. The third-order valence-corrected chi connectivity index (χ3v) is 5.98. The first kappa shape index (κ1) is 32.7. The number of carbonyl (C=O) groups is 4. The number of benzene rings is 1. The van der Waals surface area contributed by atoms with Crippen LogP contribution in [0.5, 0.6) is 0 Å². The van der Waals surface area contributed by atoms with Crippen LogP contribution in [-0.2, 0) is 9.59 Å². The Balaban J connectivity index is 1.88. The van der Waals surface area contributed by atoms with E-state index in [9.17, 15) is 19.2 Å². The molecule has 0 saturated carbocycles. The third kappa shape index (κ3) is 10.9. The van der Waals surface area contributed by atoms with Crippen molar-refractivity contribution in [3.05, 3.63) is 53.7 Å². The summed E-state index contributed by atoms with van der Waals surface area (Å²) in [5.74, 6) is -0.741. The van der Waals surface area contributed by atoms with Gasteiger partial charge in [0.2, 0.25) is 23.7 Å². The summed E-state index contributed by atoms with van der Waals surface area (Å²) in [7, 11) is 5.38. The summed E-state index contributed by atoms with van der Waals surface area (Å²) < 4.78 is 0. The Morgan fingerprint density at radius 1 is 1.02 bits per heavy atom. The minimum Gasteiger partial charge on any atom is -0.369 e. The van der Waals surface area contributed by atoms with Gasteiger partial charge in [0, 0.05) is 56.8 Å². The maximum atomic E-state index is 12.9. The van der Waals surface area contributed by atoms with Crippen LogP contribution in [0.1, 0.15) is 47.4 Å². The minimum absolute atomic E-state index is 0.251. The highest BCUT2D eigenvalue weighted by molar-refractivity contribution is 5.98. The van der Waals surface area contributed by atoms with Crippen LogP contribution < -0.4 is 27.0 Å². The molecule has 1 unspecified atom stereocenters. The summed E-state index contributed by atoms with van der Waals surface area (Å²) in [4.78, 5) is 60.9. The average molecular weight is 568 g/mol. The van der Waals surface area contributed by atoms with E-state index in [-0.39, 0.29) is 29.2 Å². The molecule has 2 rings (SSSR count). The van der Waals surface area contributed by atoms with E-state index in [1.165, 1.54) is 17.2 Å². The molecule has 41 heavy (non-hydrogen) atoms. The second-order valence-corrected chi connectivity index (χ2v) is 9.64. The maximum absolute atomic E-state index is 12.9.